The van der Waals surface area contributed by atoms with Crippen LogP contribution in [0.4, 0.5) is 0 Å². The number of hydrogen-bond acceptors (Lipinski definition) is 4. The standard InChI is InChI=1S/C16H20N4O3/c1-9(2)20-14-11(8-17-20)7-12(10(3)18-14)15(21)19-6-4-5-13(19)16(22)23/h7-9,13H,4-6H2,1-3H3,(H,22,23)/t13-/m1/s1. The molecule has 2 aromatic rings. The number of fused-ring (bicyclic) bond motifs is 1. The predicted molar refractivity (Wildman–Crippen MR) is 84.3 cm³/mol. The van der Waals surface area contributed by atoms with Gasteiger partial charge in [-0.15, -0.1) is 0 Å². The van der Waals surface area contributed by atoms with Crippen molar-refractivity contribution in [2.75, 3.05) is 6.54 Å². The van der Waals surface area contributed by atoms with E-state index < -0.39 is 12.0 Å². The molecule has 1 fully saturated rings. The Bertz CT molecular complexity index is 781. The Balaban J connectivity index is 2.01. The maximum Gasteiger partial charge on any atom is 0.326 e. The molecule has 1 aliphatic heterocycles. The van der Waals surface area contributed by atoms with Crippen molar-refractivity contribution >= 4 is 22.9 Å². The van der Waals surface area contributed by atoms with E-state index in [0.29, 0.717) is 30.6 Å². The normalized spacial score (nSPS) is 18.1. The first kappa shape index (κ1) is 15.5. The zero-order chi connectivity index (χ0) is 16.7. The van der Waals surface area contributed by atoms with Crippen LogP contribution in [0.25, 0.3) is 11.0 Å². The van der Waals surface area contributed by atoms with Crippen molar-refractivity contribution in [1.82, 2.24) is 19.7 Å². The molecule has 1 atom stereocenters. The van der Waals surface area contributed by atoms with Crippen molar-refractivity contribution < 1.29 is 14.7 Å². The molecule has 0 radical (unpaired) electrons. The van der Waals surface area contributed by atoms with Crippen molar-refractivity contribution in [2.45, 2.75) is 45.7 Å². The smallest absolute Gasteiger partial charge is 0.326 e. The number of carbonyl (C=O) groups excluding carboxylic acids is 1. The summed E-state index contributed by atoms with van der Waals surface area (Å²) in [7, 11) is 0. The number of pyridine rings is 1. The van der Waals surface area contributed by atoms with Crippen LogP contribution in [0.1, 0.15) is 48.8 Å². The van der Waals surface area contributed by atoms with E-state index in [0.717, 1.165) is 11.0 Å². The molecule has 3 heterocycles. The lowest BCUT2D eigenvalue weighted by molar-refractivity contribution is -0.141. The first-order valence-electron chi connectivity index (χ1n) is 7.78. The van der Waals surface area contributed by atoms with Crippen LogP contribution in [0.2, 0.25) is 0 Å². The number of likely N-dealkylation sites (tertiary alicyclic amines) is 1. The Kier molecular flexibility index (Phi) is 3.79. The molecule has 3 rings (SSSR count). The number of hydrogen-bond donors (Lipinski definition) is 1. The van der Waals surface area contributed by atoms with Crippen molar-refractivity contribution in [1.29, 1.82) is 0 Å². The summed E-state index contributed by atoms with van der Waals surface area (Å²) >= 11 is 0. The first-order chi connectivity index (χ1) is 10.9. The molecule has 0 unspecified atom stereocenters. The fourth-order valence-corrected chi connectivity index (χ4v) is 3.08. The Morgan fingerprint density at radius 2 is 2.13 bits per heavy atom. The molecule has 7 nitrogen and oxygen atoms in total. The summed E-state index contributed by atoms with van der Waals surface area (Å²) in [6.07, 6.45) is 2.90. The second kappa shape index (κ2) is 5.64. The van der Waals surface area contributed by atoms with Gasteiger partial charge in [0.2, 0.25) is 0 Å². The molecule has 0 bridgehead atoms. The number of aliphatic carboxylic acids is 1. The molecule has 23 heavy (non-hydrogen) atoms. The van der Waals surface area contributed by atoms with Gasteiger partial charge in [-0.1, -0.05) is 0 Å². The van der Waals surface area contributed by atoms with Gasteiger partial charge in [0.1, 0.15) is 6.04 Å². The molecule has 0 saturated carbocycles. The summed E-state index contributed by atoms with van der Waals surface area (Å²) < 4.78 is 1.81. The average molecular weight is 316 g/mol. The maximum atomic E-state index is 12.8. The molecule has 0 spiro atoms. The molecule has 1 saturated heterocycles. The number of amides is 1. The van der Waals surface area contributed by atoms with Gasteiger partial charge in [-0.2, -0.15) is 5.10 Å². The van der Waals surface area contributed by atoms with Crippen LogP contribution in [0, 0.1) is 6.92 Å². The fourth-order valence-electron chi connectivity index (χ4n) is 3.08. The Hall–Kier alpha value is -2.44. The van der Waals surface area contributed by atoms with Gasteiger partial charge in [-0.25, -0.2) is 14.5 Å². The van der Waals surface area contributed by atoms with E-state index in [-0.39, 0.29) is 11.9 Å². The van der Waals surface area contributed by atoms with E-state index in [1.807, 2.05) is 18.5 Å². The molecule has 7 heteroatoms. The summed E-state index contributed by atoms with van der Waals surface area (Å²) in [6, 6.07) is 1.20. The van der Waals surface area contributed by atoms with Gasteiger partial charge >= 0.3 is 5.97 Å². The molecule has 1 N–H and O–H groups in total. The third-order valence-electron chi connectivity index (χ3n) is 4.28. The van der Waals surface area contributed by atoms with Crippen LogP contribution in [0.15, 0.2) is 12.3 Å². The summed E-state index contributed by atoms with van der Waals surface area (Å²) in [5.74, 6) is -1.21. The number of carbonyl (C=O) groups is 2. The Morgan fingerprint density at radius 1 is 1.39 bits per heavy atom. The zero-order valence-electron chi connectivity index (χ0n) is 13.5. The molecular weight excluding hydrogens is 296 g/mol. The third-order valence-corrected chi connectivity index (χ3v) is 4.28. The van der Waals surface area contributed by atoms with Crippen LogP contribution in [-0.2, 0) is 4.79 Å². The number of rotatable bonds is 3. The van der Waals surface area contributed by atoms with Crippen molar-refractivity contribution in [3.05, 3.63) is 23.5 Å². The zero-order valence-corrected chi connectivity index (χ0v) is 13.5. The number of carboxylic acid groups (broad SMARTS) is 1. The molecule has 2 aromatic heterocycles. The van der Waals surface area contributed by atoms with Gasteiger partial charge in [0, 0.05) is 18.0 Å². The molecular formula is C16H20N4O3. The van der Waals surface area contributed by atoms with Crippen LogP contribution < -0.4 is 0 Å². The summed E-state index contributed by atoms with van der Waals surface area (Å²) in [6.45, 7) is 6.28. The van der Waals surface area contributed by atoms with E-state index in [1.54, 1.807) is 19.2 Å². The van der Waals surface area contributed by atoms with Crippen molar-refractivity contribution in [3.8, 4) is 0 Å². The number of nitrogens with zero attached hydrogens (tertiary/aromatic N) is 4. The van der Waals surface area contributed by atoms with E-state index in [9.17, 15) is 14.7 Å². The van der Waals surface area contributed by atoms with Crippen LogP contribution in [-0.4, -0.2) is 49.2 Å². The second-order valence-electron chi connectivity index (χ2n) is 6.21. The van der Waals surface area contributed by atoms with Crippen LogP contribution in [0.3, 0.4) is 0 Å². The molecule has 1 amide bonds. The minimum absolute atomic E-state index is 0.177. The van der Waals surface area contributed by atoms with Crippen LogP contribution in [0.5, 0.6) is 0 Å². The minimum Gasteiger partial charge on any atom is -0.480 e. The highest BCUT2D eigenvalue weighted by atomic mass is 16.4. The largest absolute Gasteiger partial charge is 0.480 e. The number of aromatic nitrogens is 3. The van der Waals surface area contributed by atoms with Crippen LogP contribution >= 0.6 is 0 Å². The lowest BCUT2D eigenvalue weighted by Crippen LogP contribution is -2.40. The molecule has 0 aliphatic carbocycles. The summed E-state index contributed by atoms with van der Waals surface area (Å²) in [4.78, 5) is 30.0. The lowest BCUT2D eigenvalue weighted by atomic mass is 10.1. The quantitative estimate of drug-likeness (QED) is 0.935. The van der Waals surface area contributed by atoms with E-state index >= 15 is 0 Å². The fraction of sp³-hybridized carbons (Fsp3) is 0.500. The highest BCUT2D eigenvalue weighted by Gasteiger charge is 2.35. The topological polar surface area (TPSA) is 88.3 Å². The number of aryl methyl sites for hydroxylation is 1. The lowest BCUT2D eigenvalue weighted by Gasteiger charge is -2.22. The van der Waals surface area contributed by atoms with E-state index in [2.05, 4.69) is 10.1 Å². The average Bonchev–Trinajstić information content (AvgIpc) is 3.11. The molecule has 0 aromatic carbocycles. The van der Waals surface area contributed by atoms with Gasteiger partial charge in [-0.05, 0) is 39.7 Å². The summed E-state index contributed by atoms with van der Waals surface area (Å²) in [5.41, 5.74) is 1.79. The van der Waals surface area contributed by atoms with Gasteiger partial charge in [0.25, 0.3) is 5.91 Å². The van der Waals surface area contributed by atoms with E-state index in [4.69, 9.17) is 0 Å². The number of carboxylic acids is 1. The van der Waals surface area contributed by atoms with Gasteiger partial charge < -0.3 is 10.0 Å². The summed E-state index contributed by atoms with van der Waals surface area (Å²) in [5, 5.41) is 14.4. The Labute approximate surface area is 133 Å². The molecule has 122 valence electrons. The first-order valence-corrected chi connectivity index (χ1v) is 7.78. The van der Waals surface area contributed by atoms with Crippen molar-refractivity contribution in [3.63, 3.8) is 0 Å². The van der Waals surface area contributed by atoms with E-state index in [1.165, 1.54) is 4.90 Å². The van der Waals surface area contributed by atoms with Gasteiger partial charge in [0.15, 0.2) is 5.65 Å². The highest BCUT2D eigenvalue weighted by Crippen LogP contribution is 2.24. The predicted octanol–water partition coefficient (Wildman–Crippen LogP) is 2.01. The highest BCUT2D eigenvalue weighted by molar-refractivity contribution is 6.00. The second-order valence-corrected chi connectivity index (χ2v) is 6.21. The molecule has 1 aliphatic rings. The van der Waals surface area contributed by atoms with Gasteiger partial charge in [0.05, 0.1) is 17.5 Å². The van der Waals surface area contributed by atoms with Crippen molar-refractivity contribution in [2.24, 2.45) is 0 Å². The minimum atomic E-state index is -0.949. The SMILES string of the molecule is Cc1nc2c(cnn2C(C)C)cc1C(=O)N1CCC[C@@H]1C(=O)O. The monoisotopic (exact) mass is 316 g/mol. The maximum absolute atomic E-state index is 12.8. The third kappa shape index (κ3) is 2.56. The van der Waals surface area contributed by atoms with Gasteiger partial charge in [-0.3, -0.25) is 4.79 Å². The Morgan fingerprint density at radius 3 is 2.78 bits per heavy atom.